The molecule has 2 rings (SSSR count). The highest BCUT2D eigenvalue weighted by molar-refractivity contribution is 8.06. The molecule has 1 aromatic heterocycles. The molecule has 1 aromatic rings. The van der Waals surface area contributed by atoms with E-state index in [4.69, 9.17) is 0 Å². The minimum Gasteiger partial charge on any atom is -0.325 e. The van der Waals surface area contributed by atoms with E-state index >= 15 is 0 Å². The molecule has 1 amide bonds. The molecular formula is C12H18N2OS3. The average Bonchev–Trinajstić information content (AvgIpc) is 2.77. The number of amides is 1. The van der Waals surface area contributed by atoms with Crippen LogP contribution in [0.2, 0.25) is 0 Å². The summed E-state index contributed by atoms with van der Waals surface area (Å²) < 4.78 is 0. The number of carbonyl (C=O) groups is 1. The minimum absolute atomic E-state index is 0.00566. The topological polar surface area (TPSA) is 41.1 Å². The van der Waals surface area contributed by atoms with Crippen LogP contribution in [0.4, 0.5) is 5.69 Å². The number of anilines is 1. The molecule has 0 aliphatic carbocycles. The van der Waals surface area contributed by atoms with Gasteiger partial charge in [0.2, 0.25) is 5.91 Å². The number of hydrogen-bond donors (Lipinski definition) is 2. The summed E-state index contributed by atoms with van der Waals surface area (Å²) in [7, 11) is 0. The van der Waals surface area contributed by atoms with Gasteiger partial charge in [0.25, 0.3) is 0 Å². The van der Waals surface area contributed by atoms with E-state index in [1.54, 1.807) is 18.3 Å². The maximum Gasteiger partial charge on any atom is 0.221 e. The smallest absolute Gasteiger partial charge is 0.221 e. The van der Waals surface area contributed by atoms with E-state index in [0.717, 1.165) is 24.0 Å². The third-order valence-electron chi connectivity index (χ3n) is 2.60. The van der Waals surface area contributed by atoms with E-state index in [2.05, 4.69) is 22.4 Å². The quantitative estimate of drug-likeness (QED) is 0.877. The van der Waals surface area contributed by atoms with Gasteiger partial charge in [-0.05, 0) is 11.4 Å². The molecule has 0 saturated carbocycles. The van der Waals surface area contributed by atoms with Crippen LogP contribution in [0.3, 0.4) is 0 Å². The van der Waals surface area contributed by atoms with Crippen LogP contribution in [0, 0.1) is 0 Å². The van der Waals surface area contributed by atoms with Gasteiger partial charge < -0.3 is 10.6 Å². The van der Waals surface area contributed by atoms with E-state index in [1.807, 2.05) is 23.2 Å². The first-order valence-electron chi connectivity index (χ1n) is 5.99. The number of thioether (sulfide) groups is 2. The van der Waals surface area contributed by atoms with Crippen LogP contribution >= 0.6 is 34.9 Å². The first-order valence-corrected chi connectivity index (χ1v) is 9.08. The monoisotopic (exact) mass is 302 g/mol. The fourth-order valence-electron chi connectivity index (χ4n) is 1.78. The molecule has 0 spiro atoms. The molecule has 1 aliphatic heterocycles. The van der Waals surface area contributed by atoms with E-state index in [1.165, 1.54) is 22.1 Å². The largest absolute Gasteiger partial charge is 0.325 e. The van der Waals surface area contributed by atoms with Crippen molar-refractivity contribution in [2.24, 2.45) is 0 Å². The van der Waals surface area contributed by atoms with Gasteiger partial charge in [0, 0.05) is 47.4 Å². The van der Waals surface area contributed by atoms with Gasteiger partial charge in [0.15, 0.2) is 0 Å². The van der Waals surface area contributed by atoms with Crippen LogP contribution in [0.5, 0.6) is 0 Å². The third-order valence-corrected chi connectivity index (χ3v) is 6.36. The lowest BCUT2D eigenvalue weighted by atomic mass is 10.3. The highest BCUT2D eigenvalue weighted by Gasteiger charge is 2.14. The molecule has 1 unspecified atom stereocenters. The summed E-state index contributed by atoms with van der Waals surface area (Å²) in [5.41, 5.74) is 0.950. The van der Waals surface area contributed by atoms with Gasteiger partial charge in [-0.15, -0.1) is 11.3 Å². The second kappa shape index (κ2) is 7.43. The van der Waals surface area contributed by atoms with Crippen LogP contribution in [-0.2, 0) is 11.3 Å². The molecule has 0 radical (unpaired) electrons. The molecule has 2 heterocycles. The SMILES string of the molecule is CC(=O)Nc1ccsc1CNCC1CSCCS1. The lowest BCUT2D eigenvalue weighted by Gasteiger charge is -2.21. The Bertz CT molecular complexity index is 388. The van der Waals surface area contributed by atoms with Gasteiger partial charge in [-0.3, -0.25) is 4.79 Å². The van der Waals surface area contributed by atoms with Crippen molar-refractivity contribution in [2.75, 3.05) is 29.1 Å². The normalized spacial score (nSPS) is 19.7. The molecule has 1 aliphatic rings. The Hall–Kier alpha value is -0.170. The van der Waals surface area contributed by atoms with Gasteiger partial charge in [0.05, 0.1) is 5.69 Å². The van der Waals surface area contributed by atoms with E-state index in [0.29, 0.717) is 0 Å². The maximum atomic E-state index is 11.1. The van der Waals surface area contributed by atoms with Crippen molar-refractivity contribution in [1.82, 2.24) is 5.32 Å². The van der Waals surface area contributed by atoms with Gasteiger partial charge in [-0.1, -0.05) is 0 Å². The number of rotatable bonds is 5. The number of hydrogen-bond acceptors (Lipinski definition) is 5. The number of nitrogens with one attached hydrogen (secondary N) is 2. The molecule has 6 heteroatoms. The Morgan fingerprint density at radius 2 is 2.39 bits per heavy atom. The Morgan fingerprint density at radius 1 is 1.50 bits per heavy atom. The van der Waals surface area contributed by atoms with E-state index < -0.39 is 0 Å². The third kappa shape index (κ3) is 4.50. The summed E-state index contributed by atoms with van der Waals surface area (Å²) in [6.07, 6.45) is 0. The standard InChI is InChI=1S/C12H18N2OS3/c1-9(15)14-11-2-3-18-12(11)7-13-6-10-8-16-4-5-17-10/h2-3,10,13H,4-8H2,1H3,(H,14,15). The van der Waals surface area contributed by atoms with Crippen LogP contribution in [-0.4, -0.2) is 35.0 Å². The van der Waals surface area contributed by atoms with Crippen molar-refractivity contribution in [3.8, 4) is 0 Å². The highest BCUT2D eigenvalue weighted by Crippen LogP contribution is 2.24. The molecule has 18 heavy (non-hydrogen) atoms. The predicted octanol–water partition coefficient (Wildman–Crippen LogP) is 2.64. The van der Waals surface area contributed by atoms with Crippen LogP contribution in [0.15, 0.2) is 11.4 Å². The zero-order chi connectivity index (χ0) is 12.8. The minimum atomic E-state index is -0.00566. The number of thiophene rings is 1. The second-order valence-corrected chi connectivity index (χ2v) is 7.70. The van der Waals surface area contributed by atoms with E-state index in [9.17, 15) is 4.79 Å². The van der Waals surface area contributed by atoms with Crippen LogP contribution in [0.1, 0.15) is 11.8 Å². The molecular weight excluding hydrogens is 284 g/mol. The lowest BCUT2D eigenvalue weighted by molar-refractivity contribution is -0.114. The fraction of sp³-hybridized carbons (Fsp3) is 0.583. The van der Waals surface area contributed by atoms with Gasteiger partial charge >= 0.3 is 0 Å². The molecule has 1 saturated heterocycles. The molecule has 100 valence electrons. The molecule has 0 aromatic carbocycles. The maximum absolute atomic E-state index is 11.1. The van der Waals surface area contributed by atoms with E-state index in [-0.39, 0.29) is 5.91 Å². The summed E-state index contributed by atoms with van der Waals surface area (Å²) >= 11 is 5.80. The van der Waals surface area contributed by atoms with Crippen molar-refractivity contribution >= 4 is 46.5 Å². The summed E-state index contributed by atoms with van der Waals surface area (Å²) in [5.74, 6) is 3.81. The first-order chi connectivity index (χ1) is 8.75. The molecule has 1 atom stereocenters. The second-order valence-electron chi connectivity index (χ2n) is 4.14. The first kappa shape index (κ1) is 14.2. The summed E-state index contributed by atoms with van der Waals surface area (Å²) in [6.45, 7) is 3.44. The highest BCUT2D eigenvalue weighted by atomic mass is 32.2. The van der Waals surface area contributed by atoms with Crippen molar-refractivity contribution < 1.29 is 4.79 Å². The van der Waals surface area contributed by atoms with Gasteiger partial charge in [0.1, 0.15) is 0 Å². The van der Waals surface area contributed by atoms with Crippen molar-refractivity contribution in [2.45, 2.75) is 18.7 Å². The Morgan fingerprint density at radius 3 is 3.11 bits per heavy atom. The van der Waals surface area contributed by atoms with Crippen LogP contribution in [0.25, 0.3) is 0 Å². The summed E-state index contributed by atoms with van der Waals surface area (Å²) in [4.78, 5) is 12.3. The Balaban J connectivity index is 1.75. The molecule has 2 N–H and O–H groups in total. The Kier molecular flexibility index (Phi) is 5.88. The Labute approximate surface area is 120 Å². The van der Waals surface area contributed by atoms with Crippen LogP contribution < -0.4 is 10.6 Å². The predicted molar refractivity (Wildman–Crippen MR) is 83.9 cm³/mol. The van der Waals surface area contributed by atoms with Crippen molar-refractivity contribution in [3.05, 3.63) is 16.3 Å². The zero-order valence-corrected chi connectivity index (χ0v) is 12.9. The van der Waals surface area contributed by atoms with Gasteiger partial charge in [-0.2, -0.15) is 23.5 Å². The molecule has 0 bridgehead atoms. The van der Waals surface area contributed by atoms with Crippen molar-refractivity contribution in [3.63, 3.8) is 0 Å². The molecule has 3 nitrogen and oxygen atoms in total. The average molecular weight is 302 g/mol. The summed E-state index contributed by atoms with van der Waals surface area (Å²) in [6, 6.07) is 1.97. The van der Waals surface area contributed by atoms with Crippen molar-refractivity contribution in [1.29, 1.82) is 0 Å². The van der Waals surface area contributed by atoms with Gasteiger partial charge in [-0.25, -0.2) is 0 Å². The fourth-order valence-corrected chi connectivity index (χ4v) is 5.23. The molecule has 1 fully saturated rings. The zero-order valence-electron chi connectivity index (χ0n) is 10.4. The summed E-state index contributed by atoms with van der Waals surface area (Å²) in [5, 5.41) is 9.11. The number of carbonyl (C=O) groups excluding carboxylic acids is 1. The lowest BCUT2D eigenvalue weighted by Crippen LogP contribution is -2.28.